The first-order chi connectivity index (χ1) is 14.4. The van der Waals surface area contributed by atoms with Crippen LogP contribution in [0.3, 0.4) is 0 Å². The zero-order valence-electron chi connectivity index (χ0n) is 17.6. The normalized spacial score (nSPS) is 15.0. The van der Waals surface area contributed by atoms with Crippen molar-refractivity contribution in [1.82, 2.24) is 14.6 Å². The Kier molecular flexibility index (Phi) is 5.85. The maximum Gasteiger partial charge on any atom is 0.275 e. The van der Waals surface area contributed by atoms with Gasteiger partial charge in [0.1, 0.15) is 0 Å². The van der Waals surface area contributed by atoms with Gasteiger partial charge in [-0.1, -0.05) is 30.7 Å². The van der Waals surface area contributed by atoms with Crippen LogP contribution in [0.1, 0.15) is 43.0 Å². The Bertz CT molecular complexity index is 1110. The van der Waals surface area contributed by atoms with Gasteiger partial charge in [0, 0.05) is 36.5 Å². The summed E-state index contributed by atoms with van der Waals surface area (Å²) in [4.78, 5) is 32.4. The minimum Gasteiger partial charge on any atom is -0.347 e. The molecule has 158 valence electrons. The van der Waals surface area contributed by atoms with E-state index in [4.69, 9.17) is 0 Å². The molecule has 0 atom stereocenters. The Labute approximate surface area is 179 Å². The zero-order chi connectivity index (χ0) is 21.3. The minimum absolute atomic E-state index is 0.0200. The summed E-state index contributed by atoms with van der Waals surface area (Å²) in [5.41, 5.74) is 3.83. The molecule has 0 unspecified atom stereocenters. The van der Waals surface area contributed by atoms with Gasteiger partial charge in [-0.25, -0.2) is 4.98 Å². The van der Waals surface area contributed by atoms with Crippen molar-refractivity contribution in [2.24, 2.45) is 5.92 Å². The van der Waals surface area contributed by atoms with Crippen molar-refractivity contribution >= 4 is 33.0 Å². The summed E-state index contributed by atoms with van der Waals surface area (Å²) in [6.07, 6.45) is 3.26. The summed E-state index contributed by atoms with van der Waals surface area (Å²) in [6, 6.07) is 7.67. The van der Waals surface area contributed by atoms with E-state index in [-0.39, 0.29) is 17.4 Å². The van der Waals surface area contributed by atoms with Gasteiger partial charge < -0.3 is 10.2 Å². The van der Waals surface area contributed by atoms with E-state index in [9.17, 15) is 9.59 Å². The molecule has 0 bridgehead atoms. The van der Waals surface area contributed by atoms with E-state index < -0.39 is 0 Å². The first-order valence-electron chi connectivity index (χ1n) is 10.5. The molecule has 1 fully saturated rings. The predicted molar refractivity (Wildman–Crippen MR) is 121 cm³/mol. The van der Waals surface area contributed by atoms with Crippen LogP contribution in [0, 0.1) is 19.8 Å². The lowest BCUT2D eigenvalue weighted by atomic mass is 9.96. The monoisotopic (exact) mass is 425 g/mol. The number of fused-ring (bicyclic) bond motifs is 1. The summed E-state index contributed by atoms with van der Waals surface area (Å²) < 4.78 is 1.39. The lowest BCUT2D eigenvalue weighted by Gasteiger charge is -2.30. The number of piperidine rings is 1. The highest BCUT2D eigenvalue weighted by Gasteiger charge is 2.27. The Morgan fingerprint density at radius 3 is 2.53 bits per heavy atom. The second kappa shape index (κ2) is 8.55. The van der Waals surface area contributed by atoms with Crippen molar-refractivity contribution in [3.8, 4) is 0 Å². The Hall–Kier alpha value is -2.74. The number of rotatable bonds is 5. The van der Waals surface area contributed by atoms with Gasteiger partial charge in [0.15, 0.2) is 0 Å². The van der Waals surface area contributed by atoms with Crippen LogP contribution in [0.2, 0.25) is 0 Å². The third-order valence-corrected chi connectivity index (χ3v) is 6.39. The molecule has 1 aliphatic heterocycles. The second-order valence-electron chi connectivity index (χ2n) is 8.04. The lowest BCUT2D eigenvalue weighted by molar-refractivity contribution is -0.120. The van der Waals surface area contributed by atoms with Crippen LogP contribution in [-0.4, -0.2) is 33.6 Å². The van der Waals surface area contributed by atoms with E-state index in [1.165, 1.54) is 15.9 Å². The number of aryl methyl sites for hydroxylation is 3. The van der Waals surface area contributed by atoms with Gasteiger partial charge in [0.2, 0.25) is 16.0 Å². The number of aromatic nitrogens is 3. The second-order valence-corrected chi connectivity index (χ2v) is 8.98. The van der Waals surface area contributed by atoms with Crippen molar-refractivity contribution in [3.63, 3.8) is 0 Å². The first-order valence-corrected chi connectivity index (χ1v) is 11.3. The number of carbonyl (C=O) groups excluding carboxylic acids is 1. The van der Waals surface area contributed by atoms with Gasteiger partial charge in [-0.3, -0.25) is 9.59 Å². The fraction of sp³-hybridized carbons (Fsp3) is 0.455. The number of hydrogen-bond acceptors (Lipinski definition) is 6. The maximum atomic E-state index is 12.7. The van der Waals surface area contributed by atoms with Crippen molar-refractivity contribution in [1.29, 1.82) is 0 Å². The van der Waals surface area contributed by atoms with Gasteiger partial charge in [0.25, 0.3) is 5.56 Å². The van der Waals surface area contributed by atoms with Crippen molar-refractivity contribution in [2.75, 3.05) is 23.3 Å². The molecule has 1 aliphatic rings. The molecule has 1 N–H and O–H groups in total. The first kappa shape index (κ1) is 20.5. The third-order valence-electron chi connectivity index (χ3n) is 5.42. The van der Waals surface area contributed by atoms with E-state index >= 15 is 0 Å². The maximum absolute atomic E-state index is 12.7. The number of nitrogens with one attached hydrogen (secondary N) is 1. The van der Waals surface area contributed by atoms with Crippen LogP contribution < -0.4 is 15.8 Å². The van der Waals surface area contributed by atoms with E-state index in [0.29, 0.717) is 4.96 Å². The van der Waals surface area contributed by atoms with Crippen LogP contribution in [0.4, 0.5) is 10.8 Å². The summed E-state index contributed by atoms with van der Waals surface area (Å²) in [6.45, 7) is 7.61. The van der Waals surface area contributed by atoms with Gasteiger partial charge in [0.05, 0.1) is 0 Å². The number of hydrogen-bond donors (Lipinski definition) is 1. The smallest absolute Gasteiger partial charge is 0.275 e. The largest absolute Gasteiger partial charge is 0.347 e. The molecule has 0 spiro atoms. The average Bonchev–Trinajstić information content (AvgIpc) is 3.12. The highest BCUT2D eigenvalue weighted by Crippen LogP contribution is 2.27. The fourth-order valence-electron chi connectivity index (χ4n) is 3.98. The molecule has 30 heavy (non-hydrogen) atoms. The third kappa shape index (κ3) is 4.38. The molecular formula is C22H27N5O2S. The Balaban J connectivity index is 1.42. The number of anilines is 2. The molecule has 2 aromatic heterocycles. The van der Waals surface area contributed by atoms with Crippen LogP contribution >= 0.6 is 11.3 Å². The fourth-order valence-corrected chi connectivity index (χ4v) is 4.96. The Morgan fingerprint density at radius 2 is 1.87 bits per heavy atom. The number of carbonyl (C=O) groups is 1. The summed E-state index contributed by atoms with van der Waals surface area (Å²) in [5, 5.41) is 8.34. The van der Waals surface area contributed by atoms with Crippen molar-refractivity contribution in [2.45, 2.75) is 46.5 Å². The van der Waals surface area contributed by atoms with Gasteiger partial charge in [-0.15, -0.1) is 5.10 Å². The molecule has 8 heteroatoms. The van der Waals surface area contributed by atoms with Crippen LogP contribution in [-0.2, 0) is 11.2 Å². The number of amides is 1. The summed E-state index contributed by atoms with van der Waals surface area (Å²) in [5.74, 6) is 0.0551. The van der Waals surface area contributed by atoms with Crippen molar-refractivity contribution in [3.05, 3.63) is 51.4 Å². The molecule has 1 saturated heterocycles. The highest BCUT2D eigenvalue weighted by molar-refractivity contribution is 7.20. The van der Waals surface area contributed by atoms with Gasteiger partial charge in [-0.2, -0.15) is 4.52 Å². The molecule has 7 nitrogen and oxygen atoms in total. The molecule has 0 aliphatic carbocycles. The average molecular weight is 426 g/mol. The van der Waals surface area contributed by atoms with Gasteiger partial charge in [-0.05, 0) is 56.4 Å². The summed E-state index contributed by atoms with van der Waals surface area (Å²) >= 11 is 1.44. The van der Waals surface area contributed by atoms with E-state index in [1.807, 2.05) is 26.0 Å². The molecule has 4 rings (SSSR count). The van der Waals surface area contributed by atoms with Crippen LogP contribution in [0.25, 0.3) is 4.96 Å². The lowest BCUT2D eigenvalue weighted by Crippen LogP contribution is -2.38. The Morgan fingerprint density at radius 1 is 1.17 bits per heavy atom. The molecule has 1 amide bonds. The molecule has 0 saturated carbocycles. The molecular weight excluding hydrogens is 398 g/mol. The van der Waals surface area contributed by atoms with Crippen LogP contribution in [0.5, 0.6) is 0 Å². The van der Waals surface area contributed by atoms with E-state index in [0.717, 1.165) is 66.4 Å². The minimum atomic E-state index is -0.131. The number of benzene rings is 1. The molecule has 3 heterocycles. The van der Waals surface area contributed by atoms with E-state index in [2.05, 4.69) is 33.3 Å². The van der Waals surface area contributed by atoms with Gasteiger partial charge >= 0.3 is 0 Å². The zero-order valence-corrected chi connectivity index (χ0v) is 18.5. The van der Waals surface area contributed by atoms with Crippen LogP contribution in [0.15, 0.2) is 29.1 Å². The SMILES string of the molecule is CCCc1cc(=O)n2nc(N3CCC(C(=O)Nc4cc(C)cc(C)c4)CC3)sc2n1. The summed E-state index contributed by atoms with van der Waals surface area (Å²) in [7, 11) is 0. The molecule has 1 aromatic carbocycles. The van der Waals surface area contributed by atoms with Crippen molar-refractivity contribution < 1.29 is 4.79 Å². The topological polar surface area (TPSA) is 79.6 Å². The van der Waals surface area contributed by atoms with E-state index in [1.54, 1.807) is 6.07 Å². The highest BCUT2D eigenvalue weighted by atomic mass is 32.1. The quantitative estimate of drug-likeness (QED) is 0.676. The standard InChI is InChI=1S/C22H27N5O2S/c1-4-5-17-13-19(28)27-21(24-17)30-22(25-27)26-8-6-16(7-9-26)20(29)23-18-11-14(2)10-15(3)12-18/h10-13,16H,4-9H2,1-3H3,(H,23,29). The number of nitrogens with zero attached hydrogens (tertiary/aromatic N) is 4. The predicted octanol–water partition coefficient (Wildman–Crippen LogP) is 3.58. The molecule has 3 aromatic rings. The molecule has 0 radical (unpaired) electrons.